The molecule has 2 rings (SSSR count). The lowest BCUT2D eigenvalue weighted by Crippen LogP contribution is -2.26. The number of aryl methyl sites for hydroxylation is 1. The number of benzene rings is 1. The number of halogens is 1. The zero-order valence-corrected chi connectivity index (χ0v) is 12.4. The third-order valence-corrected chi connectivity index (χ3v) is 4.60. The van der Waals surface area contributed by atoms with Crippen molar-refractivity contribution in [3.05, 3.63) is 28.2 Å². The van der Waals surface area contributed by atoms with Crippen LogP contribution >= 0.6 is 15.9 Å². The van der Waals surface area contributed by atoms with Gasteiger partial charge in [0.25, 0.3) is 0 Å². The van der Waals surface area contributed by atoms with Crippen molar-refractivity contribution in [2.75, 3.05) is 5.32 Å². The highest BCUT2D eigenvalue weighted by atomic mass is 79.9. The fourth-order valence-corrected chi connectivity index (χ4v) is 3.05. The molecule has 94 valence electrons. The average Bonchev–Trinajstić information content (AvgIpc) is 2.35. The molecule has 0 bridgehead atoms. The number of nitrogens with one attached hydrogen (secondary N) is 1. The molecular formula is C15H22BrN. The lowest BCUT2D eigenvalue weighted by atomic mass is 9.84. The fourth-order valence-electron chi connectivity index (χ4n) is 2.68. The van der Waals surface area contributed by atoms with E-state index in [0.717, 1.165) is 5.92 Å². The molecule has 1 aliphatic carbocycles. The summed E-state index contributed by atoms with van der Waals surface area (Å²) in [4.78, 5) is 0. The largest absolute Gasteiger partial charge is 0.381 e. The van der Waals surface area contributed by atoms with Crippen LogP contribution in [0.15, 0.2) is 22.7 Å². The van der Waals surface area contributed by atoms with Crippen LogP contribution in [0.2, 0.25) is 0 Å². The average molecular weight is 296 g/mol. The molecule has 1 nitrogen and oxygen atoms in total. The molecule has 0 atom stereocenters. The third kappa shape index (κ3) is 3.48. The second kappa shape index (κ2) is 5.90. The quantitative estimate of drug-likeness (QED) is 0.814. The predicted molar refractivity (Wildman–Crippen MR) is 78.5 cm³/mol. The van der Waals surface area contributed by atoms with E-state index in [1.54, 1.807) is 0 Å². The van der Waals surface area contributed by atoms with Crippen LogP contribution in [0.3, 0.4) is 0 Å². The summed E-state index contributed by atoms with van der Waals surface area (Å²) in [7, 11) is 0. The van der Waals surface area contributed by atoms with Crippen molar-refractivity contribution in [1.82, 2.24) is 0 Å². The van der Waals surface area contributed by atoms with E-state index in [1.807, 2.05) is 0 Å². The molecule has 0 unspecified atom stereocenters. The summed E-state index contributed by atoms with van der Waals surface area (Å²) in [6, 6.07) is 7.17. The van der Waals surface area contributed by atoms with Gasteiger partial charge in [0.1, 0.15) is 0 Å². The van der Waals surface area contributed by atoms with Crippen LogP contribution in [0.4, 0.5) is 5.69 Å². The maximum Gasteiger partial charge on any atom is 0.0489 e. The number of hydrogen-bond donors (Lipinski definition) is 1. The van der Waals surface area contributed by atoms with Crippen molar-refractivity contribution in [3.8, 4) is 0 Å². The molecule has 0 aliphatic heterocycles. The van der Waals surface area contributed by atoms with Gasteiger partial charge in [-0.3, -0.25) is 0 Å². The molecule has 1 fully saturated rings. The van der Waals surface area contributed by atoms with Gasteiger partial charge in [-0.15, -0.1) is 0 Å². The molecule has 1 aromatic carbocycles. The zero-order chi connectivity index (χ0) is 12.3. The Labute approximate surface area is 113 Å². The Kier molecular flexibility index (Phi) is 4.49. The monoisotopic (exact) mass is 295 g/mol. The molecule has 0 heterocycles. The van der Waals surface area contributed by atoms with Crippen molar-refractivity contribution in [2.45, 2.75) is 52.0 Å². The van der Waals surface area contributed by atoms with Gasteiger partial charge in [-0.2, -0.15) is 0 Å². The Balaban J connectivity index is 1.95. The van der Waals surface area contributed by atoms with E-state index in [9.17, 15) is 0 Å². The van der Waals surface area contributed by atoms with Gasteiger partial charge < -0.3 is 5.32 Å². The van der Waals surface area contributed by atoms with E-state index in [1.165, 1.54) is 47.8 Å². The number of rotatable bonds is 3. The SMILES string of the molecule is CCC1CCC(Nc2cc(C)ccc2Br)CC1. The maximum atomic E-state index is 3.69. The maximum absolute atomic E-state index is 3.69. The predicted octanol–water partition coefficient (Wildman–Crippen LogP) is 5.14. The minimum Gasteiger partial charge on any atom is -0.381 e. The molecule has 1 aromatic rings. The Morgan fingerprint density at radius 3 is 2.59 bits per heavy atom. The van der Waals surface area contributed by atoms with Gasteiger partial charge >= 0.3 is 0 Å². The van der Waals surface area contributed by atoms with Crippen molar-refractivity contribution < 1.29 is 0 Å². The highest BCUT2D eigenvalue weighted by Gasteiger charge is 2.20. The Hall–Kier alpha value is -0.500. The van der Waals surface area contributed by atoms with Gasteiger partial charge in [0.2, 0.25) is 0 Å². The lowest BCUT2D eigenvalue weighted by molar-refractivity contribution is 0.330. The second-order valence-corrected chi connectivity index (χ2v) is 6.11. The molecular weight excluding hydrogens is 274 g/mol. The molecule has 1 aliphatic rings. The molecule has 17 heavy (non-hydrogen) atoms. The van der Waals surface area contributed by atoms with Crippen molar-refractivity contribution >= 4 is 21.6 Å². The van der Waals surface area contributed by atoms with Gasteiger partial charge in [0, 0.05) is 16.2 Å². The lowest BCUT2D eigenvalue weighted by Gasteiger charge is -2.29. The molecule has 0 spiro atoms. The topological polar surface area (TPSA) is 12.0 Å². The highest BCUT2D eigenvalue weighted by Crippen LogP contribution is 2.31. The van der Waals surface area contributed by atoms with E-state index >= 15 is 0 Å². The summed E-state index contributed by atoms with van der Waals surface area (Å²) < 4.78 is 1.18. The molecule has 1 saturated carbocycles. The van der Waals surface area contributed by atoms with E-state index < -0.39 is 0 Å². The van der Waals surface area contributed by atoms with Crippen LogP contribution in [0.25, 0.3) is 0 Å². The van der Waals surface area contributed by atoms with Crippen molar-refractivity contribution in [3.63, 3.8) is 0 Å². The van der Waals surface area contributed by atoms with Gasteiger partial charge in [0.15, 0.2) is 0 Å². The van der Waals surface area contributed by atoms with Gasteiger partial charge in [-0.05, 0) is 72.2 Å². The van der Waals surface area contributed by atoms with E-state index in [4.69, 9.17) is 0 Å². The van der Waals surface area contributed by atoms with E-state index in [-0.39, 0.29) is 0 Å². The first-order valence-corrected chi connectivity index (χ1v) is 7.51. The summed E-state index contributed by atoms with van der Waals surface area (Å²) >= 11 is 3.62. The van der Waals surface area contributed by atoms with Gasteiger partial charge in [-0.25, -0.2) is 0 Å². The summed E-state index contributed by atoms with van der Waals surface area (Å²) in [6.07, 6.45) is 6.76. The Bertz CT molecular complexity index is 367. The molecule has 0 saturated heterocycles. The van der Waals surface area contributed by atoms with Crippen LogP contribution < -0.4 is 5.32 Å². The van der Waals surface area contributed by atoms with Crippen LogP contribution in [-0.4, -0.2) is 6.04 Å². The standard InChI is InChI=1S/C15H22BrN/c1-3-12-5-7-13(8-6-12)17-15-10-11(2)4-9-14(15)16/h4,9-10,12-13,17H,3,5-8H2,1-2H3. The summed E-state index contributed by atoms with van der Waals surface area (Å²) in [5.74, 6) is 0.967. The highest BCUT2D eigenvalue weighted by molar-refractivity contribution is 9.10. The van der Waals surface area contributed by atoms with Crippen molar-refractivity contribution in [2.24, 2.45) is 5.92 Å². The second-order valence-electron chi connectivity index (χ2n) is 5.25. The summed E-state index contributed by atoms with van der Waals surface area (Å²) in [5, 5.41) is 3.69. The zero-order valence-electron chi connectivity index (χ0n) is 10.8. The van der Waals surface area contributed by atoms with Crippen LogP contribution in [-0.2, 0) is 0 Å². The van der Waals surface area contributed by atoms with Gasteiger partial charge in [-0.1, -0.05) is 19.4 Å². The first kappa shape index (κ1) is 12.9. The Morgan fingerprint density at radius 2 is 1.94 bits per heavy atom. The molecule has 1 N–H and O–H groups in total. The molecule has 2 heteroatoms. The van der Waals surface area contributed by atoms with Gasteiger partial charge in [0.05, 0.1) is 0 Å². The van der Waals surface area contributed by atoms with E-state index in [2.05, 4.69) is 53.3 Å². The first-order valence-electron chi connectivity index (χ1n) is 6.71. The summed E-state index contributed by atoms with van der Waals surface area (Å²) in [6.45, 7) is 4.46. The molecule has 0 aromatic heterocycles. The third-order valence-electron chi connectivity index (χ3n) is 3.91. The molecule has 0 radical (unpaired) electrons. The molecule has 0 amide bonds. The minimum atomic E-state index is 0.663. The Morgan fingerprint density at radius 1 is 1.24 bits per heavy atom. The van der Waals surface area contributed by atoms with Crippen LogP contribution in [0, 0.1) is 12.8 Å². The van der Waals surface area contributed by atoms with Crippen LogP contribution in [0.5, 0.6) is 0 Å². The number of hydrogen-bond acceptors (Lipinski definition) is 1. The number of anilines is 1. The van der Waals surface area contributed by atoms with Crippen LogP contribution in [0.1, 0.15) is 44.6 Å². The van der Waals surface area contributed by atoms with E-state index in [0.29, 0.717) is 6.04 Å². The minimum absolute atomic E-state index is 0.663. The fraction of sp³-hybridized carbons (Fsp3) is 0.600. The normalized spacial score (nSPS) is 24.6. The smallest absolute Gasteiger partial charge is 0.0489 e. The summed E-state index contributed by atoms with van der Waals surface area (Å²) in [5.41, 5.74) is 2.57. The first-order chi connectivity index (χ1) is 8.19. The van der Waals surface area contributed by atoms with Crippen molar-refractivity contribution in [1.29, 1.82) is 0 Å².